The minimum Gasteiger partial charge on any atom is -0.352 e. The van der Waals surface area contributed by atoms with Crippen molar-refractivity contribution >= 4 is 11.7 Å². The summed E-state index contributed by atoms with van der Waals surface area (Å²) in [6.07, 6.45) is 2.10. The molecule has 0 unspecified atom stereocenters. The number of rotatable bonds is 3. The number of hydrogen-bond donors (Lipinski definition) is 1. The Bertz CT molecular complexity index is 1070. The SMILES string of the molecule is N#Cc1ccccc1-c1ccc(Cn2ccc3c2C(=O)CCNC3=O)cc1. The number of nitrogens with one attached hydrogen (secondary N) is 1. The number of nitriles is 1. The van der Waals surface area contributed by atoms with Crippen LogP contribution in [0.25, 0.3) is 11.1 Å². The van der Waals surface area contributed by atoms with Crippen LogP contribution < -0.4 is 5.32 Å². The Balaban J connectivity index is 1.63. The van der Waals surface area contributed by atoms with E-state index in [1.54, 1.807) is 18.3 Å². The van der Waals surface area contributed by atoms with Crippen molar-refractivity contribution in [2.45, 2.75) is 13.0 Å². The van der Waals surface area contributed by atoms with E-state index in [1.807, 2.05) is 47.0 Å². The fraction of sp³-hybridized carbons (Fsp3) is 0.136. The molecule has 2 aromatic carbocycles. The molecule has 1 aromatic heterocycles. The molecule has 1 aliphatic heterocycles. The predicted octanol–water partition coefficient (Wildman–Crippen LogP) is 3.39. The van der Waals surface area contributed by atoms with Gasteiger partial charge in [0.05, 0.1) is 22.9 Å². The number of nitrogens with zero attached hydrogens (tertiary/aromatic N) is 2. The predicted molar refractivity (Wildman–Crippen MR) is 101 cm³/mol. The number of fused-ring (bicyclic) bond motifs is 1. The molecule has 0 bridgehead atoms. The van der Waals surface area contributed by atoms with E-state index in [0.717, 1.165) is 16.7 Å². The molecule has 27 heavy (non-hydrogen) atoms. The molecule has 5 nitrogen and oxygen atoms in total. The minimum atomic E-state index is -0.196. The van der Waals surface area contributed by atoms with Crippen molar-refractivity contribution < 1.29 is 9.59 Å². The lowest BCUT2D eigenvalue weighted by atomic mass is 9.99. The second-order valence-electron chi connectivity index (χ2n) is 6.49. The smallest absolute Gasteiger partial charge is 0.253 e. The molecule has 0 fully saturated rings. The van der Waals surface area contributed by atoms with Crippen LogP contribution in [0.15, 0.2) is 60.8 Å². The van der Waals surface area contributed by atoms with Crippen molar-refractivity contribution in [2.24, 2.45) is 0 Å². The number of Topliss-reactive ketones (excluding diaryl/α,β-unsaturated/α-hetero) is 1. The lowest BCUT2D eigenvalue weighted by Gasteiger charge is -2.10. The van der Waals surface area contributed by atoms with Crippen LogP contribution in [0.1, 0.15) is 38.4 Å². The third-order valence-corrected chi connectivity index (χ3v) is 4.78. The number of aromatic nitrogens is 1. The zero-order valence-corrected chi connectivity index (χ0v) is 14.6. The van der Waals surface area contributed by atoms with Gasteiger partial charge in [-0.2, -0.15) is 5.26 Å². The van der Waals surface area contributed by atoms with E-state index in [4.69, 9.17) is 0 Å². The summed E-state index contributed by atoms with van der Waals surface area (Å²) in [7, 11) is 0. The first kappa shape index (κ1) is 16.8. The van der Waals surface area contributed by atoms with E-state index in [-0.39, 0.29) is 11.7 Å². The summed E-state index contributed by atoms with van der Waals surface area (Å²) >= 11 is 0. The van der Waals surface area contributed by atoms with Crippen molar-refractivity contribution in [3.8, 4) is 17.2 Å². The molecule has 1 N–H and O–H groups in total. The Labute approximate surface area is 156 Å². The standard InChI is InChI=1S/C22H17N3O2/c23-13-17-3-1-2-4-18(17)16-7-5-15(6-8-16)14-25-12-10-19-21(25)20(26)9-11-24-22(19)27/h1-8,10,12H,9,11,14H2,(H,24,27). The van der Waals surface area contributed by atoms with Crippen LogP contribution in [0.3, 0.4) is 0 Å². The van der Waals surface area contributed by atoms with Gasteiger partial charge < -0.3 is 9.88 Å². The molecule has 2 heterocycles. The van der Waals surface area contributed by atoms with Gasteiger partial charge in [0.25, 0.3) is 5.91 Å². The number of benzene rings is 2. The maximum atomic E-state index is 12.4. The van der Waals surface area contributed by atoms with E-state index in [0.29, 0.717) is 36.3 Å². The summed E-state index contributed by atoms with van der Waals surface area (Å²) < 4.78 is 1.83. The molecule has 0 saturated heterocycles. The zero-order valence-electron chi connectivity index (χ0n) is 14.6. The first-order valence-electron chi connectivity index (χ1n) is 8.76. The largest absolute Gasteiger partial charge is 0.352 e. The monoisotopic (exact) mass is 355 g/mol. The Morgan fingerprint density at radius 2 is 1.78 bits per heavy atom. The van der Waals surface area contributed by atoms with Gasteiger partial charge in [-0.1, -0.05) is 42.5 Å². The fourth-order valence-electron chi connectivity index (χ4n) is 3.42. The molecular formula is C22H17N3O2. The van der Waals surface area contributed by atoms with Crippen LogP contribution in [0.2, 0.25) is 0 Å². The summed E-state index contributed by atoms with van der Waals surface area (Å²) in [6.45, 7) is 0.883. The summed E-state index contributed by atoms with van der Waals surface area (Å²) in [5, 5.41) is 12.0. The Kier molecular flexibility index (Phi) is 4.31. The van der Waals surface area contributed by atoms with Crippen LogP contribution in [0, 0.1) is 11.3 Å². The Morgan fingerprint density at radius 3 is 2.56 bits per heavy atom. The molecule has 3 aromatic rings. The lowest BCUT2D eigenvalue weighted by molar-refractivity contribution is 0.0956. The first-order chi connectivity index (χ1) is 13.2. The van der Waals surface area contributed by atoms with Crippen molar-refractivity contribution in [2.75, 3.05) is 6.54 Å². The van der Waals surface area contributed by atoms with Gasteiger partial charge in [-0.25, -0.2) is 0 Å². The summed E-state index contributed by atoms with van der Waals surface area (Å²) in [6, 6.07) is 19.3. The number of ketones is 1. The molecule has 132 valence electrons. The van der Waals surface area contributed by atoms with Gasteiger partial charge in [-0.3, -0.25) is 9.59 Å². The molecule has 0 spiro atoms. The van der Waals surface area contributed by atoms with Crippen molar-refractivity contribution in [1.29, 1.82) is 5.26 Å². The number of carbonyl (C=O) groups is 2. The average molecular weight is 355 g/mol. The molecule has 0 saturated carbocycles. The van der Waals surface area contributed by atoms with E-state index < -0.39 is 0 Å². The van der Waals surface area contributed by atoms with E-state index >= 15 is 0 Å². The molecule has 4 rings (SSSR count). The zero-order chi connectivity index (χ0) is 18.8. The van der Waals surface area contributed by atoms with Crippen LogP contribution in [0.5, 0.6) is 0 Å². The van der Waals surface area contributed by atoms with E-state index in [2.05, 4.69) is 11.4 Å². The number of amides is 1. The molecule has 0 radical (unpaired) electrons. The van der Waals surface area contributed by atoms with Crippen molar-refractivity contribution in [3.63, 3.8) is 0 Å². The van der Waals surface area contributed by atoms with E-state index in [9.17, 15) is 14.9 Å². The van der Waals surface area contributed by atoms with E-state index in [1.165, 1.54) is 0 Å². The quantitative estimate of drug-likeness (QED) is 0.782. The fourth-order valence-corrected chi connectivity index (χ4v) is 3.42. The first-order valence-corrected chi connectivity index (χ1v) is 8.76. The van der Waals surface area contributed by atoms with Gasteiger partial charge >= 0.3 is 0 Å². The normalized spacial score (nSPS) is 13.4. The highest BCUT2D eigenvalue weighted by atomic mass is 16.2. The third kappa shape index (κ3) is 3.13. The van der Waals surface area contributed by atoms with Gasteiger partial charge in [0.1, 0.15) is 0 Å². The lowest BCUT2D eigenvalue weighted by Crippen LogP contribution is -2.22. The molecular weight excluding hydrogens is 338 g/mol. The summed E-state index contributed by atoms with van der Waals surface area (Å²) in [5.74, 6) is -0.217. The highest BCUT2D eigenvalue weighted by molar-refractivity contribution is 6.08. The summed E-state index contributed by atoms with van der Waals surface area (Å²) in [4.78, 5) is 24.5. The second-order valence-corrected chi connectivity index (χ2v) is 6.49. The van der Waals surface area contributed by atoms with Crippen LogP contribution in [0.4, 0.5) is 0 Å². The maximum absolute atomic E-state index is 12.4. The number of hydrogen-bond acceptors (Lipinski definition) is 3. The van der Waals surface area contributed by atoms with Gasteiger partial charge in [-0.15, -0.1) is 0 Å². The third-order valence-electron chi connectivity index (χ3n) is 4.78. The second kappa shape index (κ2) is 6.93. The van der Waals surface area contributed by atoms with Crippen molar-refractivity contribution in [1.82, 2.24) is 9.88 Å². The van der Waals surface area contributed by atoms with Gasteiger partial charge in [0.15, 0.2) is 5.78 Å². The highest BCUT2D eigenvalue weighted by Crippen LogP contribution is 2.24. The molecule has 1 aliphatic rings. The minimum absolute atomic E-state index is 0.0204. The Morgan fingerprint density at radius 1 is 1.00 bits per heavy atom. The van der Waals surface area contributed by atoms with Crippen LogP contribution in [-0.4, -0.2) is 22.8 Å². The van der Waals surface area contributed by atoms with Gasteiger partial charge in [0.2, 0.25) is 0 Å². The van der Waals surface area contributed by atoms with Crippen LogP contribution in [-0.2, 0) is 6.54 Å². The van der Waals surface area contributed by atoms with Crippen molar-refractivity contribution in [3.05, 3.63) is 83.2 Å². The van der Waals surface area contributed by atoms with Gasteiger partial charge in [0, 0.05) is 25.7 Å². The molecule has 5 heteroatoms. The highest BCUT2D eigenvalue weighted by Gasteiger charge is 2.24. The maximum Gasteiger partial charge on any atom is 0.253 e. The molecule has 0 atom stereocenters. The molecule has 0 aliphatic carbocycles. The topological polar surface area (TPSA) is 74.9 Å². The summed E-state index contributed by atoms with van der Waals surface area (Å²) in [5.41, 5.74) is 4.44. The Hall–Kier alpha value is -3.65. The van der Waals surface area contributed by atoms with Gasteiger partial charge in [-0.05, 0) is 28.8 Å². The molecule has 1 amide bonds. The number of carbonyl (C=O) groups excluding carboxylic acids is 2. The van der Waals surface area contributed by atoms with Crippen LogP contribution >= 0.6 is 0 Å². The average Bonchev–Trinajstić information content (AvgIpc) is 3.06.